The molecule has 1 atom stereocenters. The van der Waals surface area contributed by atoms with Crippen molar-refractivity contribution in [3.05, 3.63) is 52.0 Å². The van der Waals surface area contributed by atoms with Crippen LogP contribution in [0.15, 0.2) is 36.4 Å². The molecule has 7 heteroatoms. The Morgan fingerprint density at radius 3 is 2.61 bits per heavy atom. The number of likely N-dealkylation sites (tertiary alicyclic amines) is 1. The first kappa shape index (κ1) is 20.8. The summed E-state index contributed by atoms with van der Waals surface area (Å²) in [7, 11) is 3.17. The zero-order chi connectivity index (χ0) is 20.1. The van der Waals surface area contributed by atoms with E-state index in [1.54, 1.807) is 32.4 Å². The number of ether oxygens (including phenoxy) is 2. The Labute approximate surface area is 175 Å². The van der Waals surface area contributed by atoms with E-state index in [0.29, 0.717) is 40.3 Å². The minimum atomic E-state index is -0.120. The van der Waals surface area contributed by atoms with Crippen molar-refractivity contribution in [3.63, 3.8) is 0 Å². The lowest BCUT2D eigenvalue weighted by Gasteiger charge is -2.32. The molecule has 1 N–H and O–H groups in total. The minimum absolute atomic E-state index is 0.0264. The molecule has 2 aromatic carbocycles. The van der Waals surface area contributed by atoms with Gasteiger partial charge >= 0.3 is 0 Å². The number of methoxy groups -OCH3 is 2. The molecule has 2 aromatic rings. The summed E-state index contributed by atoms with van der Waals surface area (Å²) in [6, 6.07) is 10.9. The van der Waals surface area contributed by atoms with Crippen LogP contribution in [0.4, 0.5) is 5.69 Å². The van der Waals surface area contributed by atoms with Crippen molar-refractivity contribution in [2.24, 2.45) is 5.92 Å². The number of halogens is 2. The van der Waals surface area contributed by atoms with Gasteiger partial charge in [0.05, 0.1) is 25.8 Å². The maximum atomic E-state index is 12.9. The first-order valence-corrected chi connectivity index (χ1v) is 9.95. The molecule has 0 aliphatic carbocycles. The van der Waals surface area contributed by atoms with Gasteiger partial charge in [-0.2, -0.15) is 0 Å². The molecule has 150 valence electrons. The number of carbonyl (C=O) groups is 1. The zero-order valence-electron chi connectivity index (χ0n) is 16.0. The summed E-state index contributed by atoms with van der Waals surface area (Å²) in [5, 5.41) is 4.30. The zero-order valence-corrected chi connectivity index (χ0v) is 17.5. The maximum Gasteiger partial charge on any atom is 0.228 e. The molecule has 0 aromatic heterocycles. The van der Waals surface area contributed by atoms with Crippen LogP contribution in [0.1, 0.15) is 18.4 Å². The van der Waals surface area contributed by atoms with Crippen LogP contribution >= 0.6 is 23.2 Å². The molecule has 3 rings (SSSR count). The molecule has 0 radical (unpaired) electrons. The number of benzene rings is 2. The second-order valence-electron chi connectivity index (χ2n) is 6.83. The average molecular weight is 423 g/mol. The van der Waals surface area contributed by atoms with E-state index >= 15 is 0 Å². The Morgan fingerprint density at radius 1 is 1.18 bits per heavy atom. The van der Waals surface area contributed by atoms with Crippen molar-refractivity contribution in [2.75, 3.05) is 32.6 Å². The number of amides is 1. The van der Waals surface area contributed by atoms with Gasteiger partial charge in [-0.25, -0.2) is 0 Å². The van der Waals surface area contributed by atoms with Gasteiger partial charge in [-0.1, -0.05) is 29.3 Å². The topological polar surface area (TPSA) is 50.8 Å². The molecule has 1 aliphatic rings. The summed E-state index contributed by atoms with van der Waals surface area (Å²) in [6.45, 7) is 2.19. The number of carbonyl (C=O) groups excluding carboxylic acids is 1. The highest BCUT2D eigenvalue weighted by Gasteiger charge is 2.27. The van der Waals surface area contributed by atoms with Crippen LogP contribution in [0, 0.1) is 5.92 Å². The fourth-order valence-corrected chi connectivity index (χ4v) is 3.98. The van der Waals surface area contributed by atoms with Gasteiger partial charge in [0.1, 0.15) is 11.5 Å². The Kier molecular flexibility index (Phi) is 7.05. The third kappa shape index (κ3) is 4.90. The number of piperidine rings is 1. The van der Waals surface area contributed by atoms with Crippen LogP contribution < -0.4 is 14.8 Å². The number of hydrogen-bond donors (Lipinski definition) is 1. The highest BCUT2D eigenvalue weighted by Crippen LogP contribution is 2.31. The first-order chi connectivity index (χ1) is 13.5. The monoisotopic (exact) mass is 422 g/mol. The molecule has 28 heavy (non-hydrogen) atoms. The molecular formula is C21H24Cl2N2O3. The van der Waals surface area contributed by atoms with Crippen LogP contribution in [0.25, 0.3) is 0 Å². The van der Waals surface area contributed by atoms with E-state index < -0.39 is 0 Å². The first-order valence-electron chi connectivity index (χ1n) is 9.20. The second kappa shape index (κ2) is 9.50. The van der Waals surface area contributed by atoms with E-state index in [2.05, 4.69) is 10.2 Å². The standard InChI is InChI=1S/C21H24Cl2N2O3/c1-27-15-8-9-20(28-2)19(11-15)24-21(26)14-5-4-10-25(12-14)13-16-17(22)6-3-7-18(16)23/h3,6-9,11,14H,4-5,10,12-13H2,1-2H3,(H,24,26)/t14-/m1/s1. The van der Waals surface area contributed by atoms with Crippen LogP contribution in [0.5, 0.6) is 11.5 Å². The Balaban J connectivity index is 1.68. The summed E-state index contributed by atoms with van der Waals surface area (Å²) in [6.07, 6.45) is 1.78. The quantitative estimate of drug-likeness (QED) is 0.721. The van der Waals surface area contributed by atoms with Crippen molar-refractivity contribution in [3.8, 4) is 11.5 Å². The van der Waals surface area contributed by atoms with Gasteiger partial charge < -0.3 is 14.8 Å². The fourth-order valence-electron chi connectivity index (χ4n) is 3.47. The maximum absolute atomic E-state index is 12.9. The Hall–Kier alpha value is -1.95. The van der Waals surface area contributed by atoms with E-state index in [0.717, 1.165) is 24.9 Å². The van der Waals surface area contributed by atoms with E-state index in [1.807, 2.05) is 18.2 Å². The molecule has 1 aliphatic heterocycles. The summed E-state index contributed by atoms with van der Waals surface area (Å²) < 4.78 is 10.6. The van der Waals surface area contributed by atoms with Crippen molar-refractivity contribution in [1.29, 1.82) is 0 Å². The minimum Gasteiger partial charge on any atom is -0.497 e. The molecule has 1 saturated heterocycles. The summed E-state index contributed by atoms with van der Waals surface area (Å²) in [5.74, 6) is 1.12. The second-order valence-corrected chi connectivity index (χ2v) is 7.64. The van der Waals surface area contributed by atoms with Crippen LogP contribution in [0.2, 0.25) is 10.0 Å². The van der Waals surface area contributed by atoms with Gasteiger partial charge in [0.2, 0.25) is 5.91 Å². The lowest BCUT2D eigenvalue weighted by atomic mass is 9.96. The summed E-state index contributed by atoms with van der Waals surface area (Å²) >= 11 is 12.6. The fraction of sp³-hybridized carbons (Fsp3) is 0.381. The average Bonchev–Trinajstić information content (AvgIpc) is 2.71. The van der Waals surface area contributed by atoms with Gasteiger partial charge in [0.15, 0.2) is 0 Å². The number of nitrogens with zero attached hydrogens (tertiary/aromatic N) is 1. The van der Waals surface area contributed by atoms with E-state index in [-0.39, 0.29) is 11.8 Å². The van der Waals surface area contributed by atoms with Crippen molar-refractivity contribution in [2.45, 2.75) is 19.4 Å². The van der Waals surface area contributed by atoms with Crippen molar-refractivity contribution in [1.82, 2.24) is 4.90 Å². The predicted octanol–water partition coefficient (Wildman–Crippen LogP) is 4.86. The molecule has 0 bridgehead atoms. The molecule has 1 fully saturated rings. The number of nitrogens with one attached hydrogen (secondary N) is 1. The Bertz CT molecular complexity index is 824. The van der Waals surface area contributed by atoms with Gasteiger partial charge in [-0.15, -0.1) is 0 Å². The van der Waals surface area contributed by atoms with Gasteiger partial charge in [-0.3, -0.25) is 9.69 Å². The van der Waals surface area contributed by atoms with E-state index in [9.17, 15) is 4.79 Å². The highest BCUT2D eigenvalue weighted by atomic mass is 35.5. The molecule has 1 heterocycles. The largest absolute Gasteiger partial charge is 0.497 e. The normalized spacial score (nSPS) is 17.2. The lowest BCUT2D eigenvalue weighted by molar-refractivity contribution is -0.121. The third-order valence-electron chi connectivity index (χ3n) is 4.98. The van der Waals surface area contributed by atoms with Crippen LogP contribution in [-0.4, -0.2) is 38.1 Å². The van der Waals surface area contributed by atoms with E-state index in [1.165, 1.54) is 0 Å². The lowest BCUT2D eigenvalue weighted by Crippen LogP contribution is -2.40. The highest BCUT2D eigenvalue weighted by molar-refractivity contribution is 6.35. The smallest absolute Gasteiger partial charge is 0.228 e. The molecule has 0 unspecified atom stereocenters. The number of anilines is 1. The SMILES string of the molecule is COc1ccc(OC)c(NC(=O)[C@@H]2CCCN(Cc3c(Cl)cccc3Cl)C2)c1. The van der Waals surface area contributed by atoms with Gasteiger partial charge in [0.25, 0.3) is 0 Å². The molecule has 0 spiro atoms. The number of hydrogen-bond acceptors (Lipinski definition) is 4. The van der Waals surface area contributed by atoms with E-state index in [4.69, 9.17) is 32.7 Å². The summed E-state index contributed by atoms with van der Waals surface area (Å²) in [5.41, 5.74) is 1.51. The molecule has 0 saturated carbocycles. The van der Waals surface area contributed by atoms with Crippen molar-refractivity contribution < 1.29 is 14.3 Å². The third-order valence-corrected chi connectivity index (χ3v) is 5.69. The van der Waals surface area contributed by atoms with Crippen molar-refractivity contribution >= 4 is 34.8 Å². The molecule has 1 amide bonds. The predicted molar refractivity (Wildman–Crippen MR) is 113 cm³/mol. The molecular weight excluding hydrogens is 399 g/mol. The van der Waals surface area contributed by atoms with Crippen LogP contribution in [0.3, 0.4) is 0 Å². The molecule has 5 nitrogen and oxygen atoms in total. The van der Waals surface area contributed by atoms with Gasteiger partial charge in [-0.05, 0) is 43.7 Å². The Morgan fingerprint density at radius 2 is 1.93 bits per heavy atom. The van der Waals surface area contributed by atoms with Gasteiger partial charge in [0, 0.05) is 34.8 Å². The summed E-state index contributed by atoms with van der Waals surface area (Å²) in [4.78, 5) is 15.1. The van der Waals surface area contributed by atoms with Crippen LogP contribution in [-0.2, 0) is 11.3 Å². The number of rotatable bonds is 6.